The average Bonchev–Trinajstić information content (AvgIpc) is 3.12. The van der Waals surface area contributed by atoms with Crippen LogP contribution in [0.2, 0.25) is 0 Å². The third-order valence-electron chi connectivity index (χ3n) is 4.49. The van der Waals surface area contributed by atoms with E-state index in [-0.39, 0.29) is 0 Å². The summed E-state index contributed by atoms with van der Waals surface area (Å²) >= 11 is 7.14. The van der Waals surface area contributed by atoms with Crippen molar-refractivity contribution in [1.29, 1.82) is 0 Å². The molecule has 0 aliphatic heterocycles. The summed E-state index contributed by atoms with van der Waals surface area (Å²) in [7, 11) is 2.11. The number of halogens is 2. The summed E-state index contributed by atoms with van der Waals surface area (Å²) in [5.74, 6) is 0. The molecule has 2 aliphatic carbocycles. The van der Waals surface area contributed by atoms with Crippen LogP contribution in [0.3, 0.4) is 0 Å². The minimum atomic E-state index is 0.766. The summed E-state index contributed by atoms with van der Waals surface area (Å²) in [6.45, 7) is 0. The van der Waals surface area contributed by atoms with E-state index in [4.69, 9.17) is 0 Å². The maximum atomic E-state index is 2.43. The van der Waals surface area contributed by atoms with Gasteiger partial charge in [-0.25, -0.2) is 0 Å². The maximum absolute atomic E-state index is 2.43. The van der Waals surface area contributed by atoms with Crippen molar-refractivity contribution in [3.05, 3.63) is 16.2 Å². The van der Waals surface area contributed by atoms with Crippen molar-refractivity contribution in [2.75, 3.05) is 0 Å². The molecule has 0 bridgehead atoms. The molecule has 0 radical (unpaired) electrons. The minimum absolute atomic E-state index is 0.766. The van der Waals surface area contributed by atoms with E-state index in [2.05, 4.69) is 95.0 Å². The zero-order chi connectivity index (χ0) is 15.2. The topological polar surface area (TPSA) is 13.1 Å². The largest absolute Gasteiger partial charge is 0.185 e. The predicted molar refractivity (Wildman–Crippen MR) is 101 cm³/mol. The molecule has 1 heterocycles. The molecule has 0 spiro atoms. The summed E-state index contributed by atoms with van der Waals surface area (Å²) in [5.41, 5.74) is 0. The van der Waals surface area contributed by atoms with Gasteiger partial charge in [0.15, 0.2) is 0 Å². The third kappa shape index (κ3) is 5.71. The summed E-state index contributed by atoms with van der Waals surface area (Å²) in [4.78, 5) is 0. The van der Waals surface area contributed by atoms with Crippen LogP contribution in [0, 0.1) is 3.80 Å². The maximum Gasteiger partial charge on any atom is 0.0311 e. The van der Waals surface area contributed by atoms with Gasteiger partial charge >= 0.3 is 89.9 Å². The van der Waals surface area contributed by atoms with E-state index in [1.807, 2.05) is 0 Å². The Morgan fingerprint density at radius 3 is 2.00 bits per heavy atom. The molecular weight excluding hydrogens is 671 g/mol. The van der Waals surface area contributed by atoms with Gasteiger partial charge in [0.2, 0.25) is 0 Å². The molecule has 124 valence electrons. The fraction of sp³-hybridized carbons (Fsp3) is 0.800. The number of aromatic nitrogens is 2. The van der Waals surface area contributed by atoms with Crippen molar-refractivity contribution in [2.24, 2.45) is 7.05 Å². The van der Waals surface area contributed by atoms with Crippen LogP contribution >= 0.6 is 45.7 Å². The van der Waals surface area contributed by atoms with Gasteiger partial charge in [-0.15, -0.1) is 0 Å². The number of rotatable bonds is 2. The molecule has 21 heavy (non-hydrogen) atoms. The van der Waals surface area contributed by atoms with Crippen LogP contribution in [0.25, 0.3) is 0 Å². The molecule has 0 saturated heterocycles. The van der Waals surface area contributed by atoms with Crippen LogP contribution < -0.4 is 0 Å². The van der Waals surface area contributed by atoms with E-state index in [1.165, 1.54) is 61.6 Å². The summed E-state index contributed by atoms with van der Waals surface area (Å²) < 4.78 is 8.26. The molecule has 1 aromatic rings. The van der Waals surface area contributed by atoms with Gasteiger partial charge < -0.3 is 0 Å². The molecule has 0 unspecified atom stereocenters. The quantitative estimate of drug-likeness (QED) is 0.301. The normalized spacial score (nSPS) is 20.7. The van der Waals surface area contributed by atoms with Gasteiger partial charge in [0.1, 0.15) is 0 Å². The Morgan fingerprint density at radius 1 is 1.00 bits per heavy atom. The first-order valence-electron chi connectivity index (χ1n) is 7.89. The van der Waals surface area contributed by atoms with E-state index >= 15 is 0 Å². The van der Waals surface area contributed by atoms with Crippen LogP contribution in [0.5, 0.6) is 0 Å². The second kappa shape index (κ2) is 9.57. The first-order chi connectivity index (χ1) is 10.1. The zero-order valence-electron chi connectivity index (χ0n) is 12.6. The van der Waals surface area contributed by atoms with Crippen LogP contribution in [0.1, 0.15) is 63.8 Å². The average molecular weight is 696 g/mol. The van der Waals surface area contributed by atoms with Crippen LogP contribution in [-0.2, 0) is 26.4 Å². The van der Waals surface area contributed by atoms with Gasteiger partial charge in [0.05, 0.1) is 0 Å². The third-order valence-corrected chi connectivity index (χ3v) is 7.45. The van der Waals surface area contributed by atoms with Crippen molar-refractivity contribution >= 4 is 45.7 Å². The number of hydrogen-bond donors (Lipinski definition) is 0. The van der Waals surface area contributed by atoms with E-state index < -0.39 is 0 Å². The summed E-state index contributed by atoms with van der Waals surface area (Å²) in [6, 6.07) is 1.64. The van der Waals surface area contributed by atoms with E-state index in [9.17, 15) is 0 Å². The molecule has 2 fully saturated rings. The molecule has 0 amide bonds. The van der Waals surface area contributed by atoms with Crippen molar-refractivity contribution in [3.8, 4) is 0 Å². The first kappa shape index (κ1) is 18.7. The SMILES string of the molecule is Cn1ccn(C2CCCCC2)[c]1=[Pt].IN(I)C1CCCC1. The van der Waals surface area contributed by atoms with Crippen molar-refractivity contribution < 1.29 is 19.4 Å². The fourth-order valence-electron chi connectivity index (χ4n) is 3.19. The molecule has 2 saturated carbocycles. The number of imidazole rings is 1. The first-order valence-corrected chi connectivity index (χ1v) is 11.0. The second-order valence-electron chi connectivity index (χ2n) is 6.05. The van der Waals surface area contributed by atoms with Crippen LogP contribution in [-0.4, -0.2) is 16.5 Å². The van der Waals surface area contributed by atoms with Crippen molar-refractivity contribution in [2.45, 2.75) is 69.9 Å². The molecule has 3 nitrogen and oxygen atoms in total. The Hall–Kier alpha value is 1.32. The molecule has 1 aromatic heterocycles. The Bertz CT molecular complexity index is 472. The predicted octanol–water partition coefficient (Wildman–Crippen LogP) is 5.34. The number of hydrogen-bond acceptors (Lipinski definition) is 1. The standard InChI is InChI=1S/C10H16N2.C5H9I2N.Pt/c1-11-7-8-12(9-11)10-5-3-2-4-6-10;6-8(7)5-3-1-2-4-5;/h7-8,10H,2-6H2,1H3;5H,1-4H2;. The molecule has 6 heteroatoms. The molecule has 3 rings (SSSR count). The Labute approximate surface area is 167 Å². The number of aryl methyl sites for hydroxylation is 1. The van der Waals surface area contributed by atoms with Crippen LogP contribution in [0.4, 0.5) is 0 Å². The minimum Gasteiger partial charge on any atom is -0.185 e. The monoisotopic (exact) mass is 696 g/mol. The molecule has 2 aliphatic rings. The van der Waals surface area contributed by atoms with E-state index in [0.717, 1.165) is 12.1 Å². The van der Waals surface area contributed by atoms with Crippen molar-refractivity contribution in [1.82, 2.24) is 10.5 Å². The van der Waals surface area contributed by atoms with E-state index in [0.29, 0.717) is 0 Å². The zero-order valence-corrected chi connectivity index (χ0v) is 19.2. The Kier molecular flexibility index (Phi) is 8.50. The van der Waals surface area contributed by atoms with Crippen LogP contribution in [0.15, 0.2) is 12.4 Å². The molecular formula is C15H25I2N3Pt. The van der Waals surface area contributed by atoms with Gasteiger partial charge in [-0.3, -0.25) is 0 Å². The van der Waals surface area contributed by atoms with Gasteiger partial charge in [0, 0.05) is 51.8 Å². The van der Waals surface area contributed by atoms with Gasteiger partial charge in [0.25, 0.3) is 0 Å². The molecule has 0 N–H and O–H groups in total. The van der Waals surface area contributed by atoms with E-state index in [1.54, 1.807) is 0 Å². The Balaban J connectivity index is 0.000000173. The van der Waals surface area contributed by atoms with Crippen molar-refractivity contribution in [3.63, 3.8) is 0 Å². The fourth-order valence-corrected chi connectivity index (χ4v) is 5.06. The Morgan fingerprint density at radius 2 is 1.57 bits per heavy atom. The molecule has 0 aromatic carbocycles. The van der Waals surface area contributed by atoms with Gasteiger partial charge in [-0.2, -0.15) is 1.33 Å². The van der Waals surface area contributed by atoms with Gasteiger partial charge in [-0.05, 0) is 12.8 Å². The second-order valence-corrected chi connectivity index (χ2v) is 11.0. The smallest absolute Gasteiger partial charge is 0.0311 e. The molecule has 0 atom stereocenters. The summed E-state index contributed by atoms with van der Waals surface area (Å²) in [5, 5.41) is 0. The summed E-state index contributed by atoms with van der Waals surface area (Å²) in [6.07, 6.45) is 17.0. The number of nitrogens with zero attached hydrogens (tertiary/aromatic N) is 3. The van der Waals surface area contributed by atoms with Gasteiger partial charge in [-0.1, -0.05) is 12.8 Å².